The molecule has 4 aliphatic rings. The standard InChI is InChI=1S/C41H52N2O15S/c1-21-25(56-36(50)31(47)29(24-16-12-13-17-43(24)52)42-59(53,54)37(3,4)5)19-41(51)34(57-35(49)23-14-10-9-11-15-23)32-39(8,33(48)30(46)28(21)38(41,6)7)26(45)18-27-40(32,20-55-27)58-22(2)44/h9-17,25-27,29-32,34,42,45-47,51H,18-20H2,1-8H3/t25-,26-,27+,29-,30+,31+,32-,34-,39+,40-,41+/m0/s1. The lowest BCUT2D eigenvalue weighted by Gasteiger charge is -2.67. The van der Waals surface area contributed by atoms with Crippen LogP contribution in [0.4, 0.5) is 0 Å². The van der Waals surface area contributed by atoms with Gasteiger partial charge in [0.1, 0.15) is 36.1 Å². The monoisotopic (exact) mass is 844 g/mol. The highest BCUT2D eigenvalue weighted by molar-refractivity contribution is 7.90. The molecule has 18 heteroatoms. The highest BCUT2D eigenvalue weighted by Gasteiger charge is 2.78. The molecule has 59 heavy (non-hydrogen) atoms. The van der Waals surface area contributed by atoms with E-state index in [-0.39, 0.29) is 40.2 Å². The van der Waals surface area contributed by atoms with Gasteiger partial charge in [0.15, 0.2) is 23.7 Å². The van der Waals surface area contributed by atoms with Gasteiger partial charge in [-0.05, 0) is 64.0 Å². The summed E-state index contributed by atoms with van der Waals surface area (Å²) >= 11 is 0. The average molecular weight is 845 g/mol. The molecule has 0 radical (unpaired) electrons. The van der Waals surface area contributed by atoms with Crippen molar-refractivity contribution in [1.82, 2.24) is 4.72 Å². The number of carbonyl (C=O) groups excluding carboxylic acids is 4. The third kappa shape index (κ3) is 6.95. The number of hydrogen-bond acceptors (Lipinski definition) is 15. The minimum atomic E-state index is -4.33. The number of esters is 3. The highest BCUT2D eigenvalue weighted by Crippen LogP contribution is 2.64. The van der Waals surface area contributed by atoms with Crippen molar-refractivity contribution >= 4 is 33.7 Å². The van der Waals surface area contributed by atoms with E-state index < -0.39 is 115 Å². The Morgan fingerprint density at radius 2 is 1.66 bits per heavy atom. The Hall–Kier alpha value is -4.30. The summed E-state index contributed by atoms with van der Waals surface area (Å²) in [6.45, 7) is 10.7. The smallest absolute Gasteiger partial charge is 0.338 e. The Balaban J connectivity index is 1.52. The Kier molecular flexibility index (Phi) is 11.3. The summed E-state index contributed by atoms with van der Waals surface area (Å²) in [5.41, 5.74) is -8.39. The number of Topliss-reactive ketones (excluding diaryl/α,β-unsaturated/α-hetero) is 1. The summed E-state index contributed by atoms with van der Waals surface area (Å²) in [6, 6.07) is 9.77. The number of aliphatic hydroxyl groups is 4. The maximum absolute atomic E-state index is 14.9. The van der Waals surface area contributed by atoms with Crippen molar-refractivity contribution in [3.63, 3.8) is 0 Å². The van der Waals surface area contributed by atoms with Crippen LogP contribution in [0, 0.1) is 22.0 Å². The normalized spacial score (nSPS) is 33.8. The first-order valence-electron chi connectivity index (χ1n) is 19.3. The Labute approximate surface area is 341 Å². The van der Waals surface area contributed by atoms with Crippen LogP contribution in [-0.4, -0.2) is 112 Å². The molecule has 2 saturated carbocycles. The Bertz CT molecular complexity index is 2170. The molecule has 5 N–H and O–H groups in total. The number of hydrogen-bond donors (Lipinski definition) is 5. The number of carbonyl (C=O) groups is 4. The zero-order valence-electron chi connectivity index (χ0n) is 34.1. The van der Waals surface area contributed by atoms with Gasteiger partial charge in [0, 0.05) is 37.3 Å². The number of sulfonamides is 1. The van der Waals surface area contributed by atoms with Crippen LogP contribution in [0.2, 0.25) is 0 Å². The summed E-state index contributed by atoms with van der Waals surface area (Å²) in [7, 11) is -4.33. The van der Waals surface area contributed by atoms with Gasteiger partial charge in [-0.15, -0.1) is 0 Å². The van der Waals surface area contributed by atoms with Gasteiger partial charge in [-0.25, -0.2) is 18.0 Å². The molecule has 0 amide bonds. The van der Waals surface area contributed by atoms with Gasteiger partial charge in [0.05, 0.1) is 34.4 Å². The molecule has 1 aliphatic heterocycles. The van der Waals surface area contributed by atoms with Crippen molar-refractivity contribution < 1.29 is 71.7 Å². The number of fused-ring (bicyclic) bond motifs is 5. The molecule has 1 aromatic heterocycles. The van der Waals surface area contributed by atoms with E-state index in [1.165, 1.54) is 78.8 Å². The van der Waals surface area contributed by atoms with Crippen LogP contribution in [0.3, 0.4) is 0 Å². The zero-order chi connectivity index (χ0) is 43.8. The van der Waals surface area contributed by atoms with Crippen molar-refractivity contribution in [2.24, 2.45) is 16.7 Å². The molecular weight excluding hydrogens is 793 g/mol. The predicted octanol–water partition coefficient (Wildman–Crippen LogP) is 1.09. The van der Waals surface area contributed by atoms with Crippen LogP contribution in [0.25, 0.3) is 0 Å². The van der Waals surface area contributed by atoms with E-state index in [1.807, 2.05) is 0 Å². The zero-order valence-corrected chi connectivity index (χ0v) is 34.9. The molecule has 2 heterocycles. The minimum absolute atomic E-state index is 0.0393. The van der Waals surface area contributed by atoms with Crippen LogP contribution < -0.4 is 9.45 Å². The number of nitrogens with one attached hydrogen (secondary N) is 1. The molecule has 0 spiro atoms. The van der Waals surface area contributed by atoms with Gasteiger partial charge in [0.2, 0.25) is 15.7 Å². The van der Waals surface area contributed by atoms with Gasteiger partial charge in [-0.3, -0.25) is 9.59 Å². The summed E-state index contributed by atoms with van der Waals surface area (Å²) in [6.07, 6.45) is -10.3. The predicted molar refractivity (Wildman–Crippen MR) is 205 cm³/mol. The first kappa shape index (κ1) is 44.3. The second-order valence-electron chi connectivity index (χ2n) is 17.7. The van der Waals surface area contributed by atoms with Crippen molar-refractivity contribution in [2.75, 3.05) is 6.61 Å². The fourth-order valence-electron chi connectivity index (χ4n) is 9.43. The molecule has 322 valence electrons. The van der Waals surface area contributed by atoms with Crippen LogP contribution in [0.1, 0.15) is 90.3 Å². The van der Waals surface area contributed by atoms with Gasteiger partial charge in [-0.2, -0.15) is 9.45 Å². The summed E-state index contributed by atoms with van der Waals surface area (Å²) in [4.78, 5) is 56.0. The molecule has 1 saturated heterocycles. The summed E-state index contributed by atoms with van der Waals surface area (Å²) in [5, 5.41) is 61.9. The number of rotatable bonds is 9. The van der Waals surface area contributed by atoms with E-state index in [4.69, 9.17) is 18.9 Å². The largest absolute Gasteiger partial charge is 0.618 e. The van der Waals surface area contributed by atoms with Gasteiger partial charge in [-0.1, -0.05) is 32.0 Å². The van der Waals surface area contributed by atoms with E-state index in [0.29, 0.717) is 0 Å². The lowest BCUT2D eigenvalue weighted by molar-refractivity contribution is -0.616. The number of benzene rings is 1. The van der Waals surface area contributed by atoms with Crippen LogP contribution in [0.5, 0.6) is 0 Å². The minimum Gasteiger partial charge on any atom is -0.618 e. The Morgan fingerprint density at radius 1 is 1.03 bits per heavy atom. The second kappa shape index (κ2) is 15.0. The number of ether oxygens (including phenoxy) is 4. The molecule has 2 aromatic rings. The van der Waals surface area contributed by atoms with E-state index in [9.17, 15) is 53.2 Å². The van der Waals surface area contributed by atoms with Crippen LogP contribution >= 0.6 is 0 Å². The van der Waals surface area contributed by atoms with E-state index in [2.05, 4.69) is 4.72 Å². The number of aromatic nitrogens is 1. The molecule has 3 aliphatic carbocycles. The molecule has 0 unspecified atom stereocenters. The summed E-state index contributed by atoms with van der Waals surface area (Å²) < 4.78 is 51.7. The molecule has 3 fully saturated rings. The van der Waals surface area contributed by atoms with E-state index in [1.54, 1.807) is 18.2 Å². The lowest BCUT2D eigenvalue weighted by atomic mass is 9.44. The number of pyridine rings is 1. The number of nitrogens with zero attached hydrogens (tertiary/aromatic N) is 1. The van der Waals surface area contributed by atoms with Crippen molar-refractivity contribution in [1.29, 1.82) is 0 Å². The number of ketones is 1. The number of aliphatic hydroxyl groups excluding tert-OH is 3. The fourth-order valence-corrected chi connectivity index (χ4v) is 10.4. The van der Waals surface area contributed by atoms with Crippen molar-refractivity contribution in [2.45, 2.75) is 127 Å². The molecule has 1 aromatic carbocycles. The molecule has 2 bridgehead atoms. The average Bonchev–Trinajstić information content (AvgIpc) is 3.15. The highest BCUT2D eigenvalue weighted by atomic mass is 32.2. The van der Waals surface area contributed by atoms with Gasteiger partial charge in [0.25, 0.3) is 0 Å². The third-order valence-electron chi connectivity index (χ3n) is 13.0. The molecule has 6 rings (SSSR count). The lowest BCUT2D eigenvalue weighted by Crippen LogP contribution is -2.81. The quantitative estimate of drug-likeness (QED) is 0.0778. The van der Waals surface area contributed by atoms with Gasteiger partial charge >= 0.3 is 17.9 Å². The fraction of sp³-hybridized carbons (Fsp3) is 0.585. The molecular formula is C41H52N2O15S. The van der Waals surface area contributed by atoms with Crippen LogP contribution in [0.15, 0.2) is 65.9 Å². The topological polar surface area (TPSA) is 259 Å². The third-order valence-corrected chi connectivity index (χ3v) is 15.2. The first-order chi connectivity index (χ1) is 27.3. The maximum atomic E-state index is 14.9. The van der Waals surface area contributed by atoms with Gasteiger partial charge < -0.3 is 44.6 Å². The SMILES string of the molecule is CC(=O)O[C@@]12CO[C@@H]1C[C@H](O)[C@@]1(C)C(=O)[C@H](O)C3=C(C)[C@@H](OC(=O)[C@H](O)[C@@H](NS(=O)(=O)C(C)(C)C)c4cccc[n+]4[O-])C[C@@](O)([C@@H](OC(=O)c4ccccc4)[C@H]21)C3(C)C. The van der Waals surface area contributed by atoms with E-state index >= 15 is 0 Å². The maximum Gasteiger partial charge on any atom is 0.338 e. The second-order valence-corrected chi connectivity index (χ2v) is 20.2. The van der Waals surface area contributed by atoms with Crippen molar-refractivity contribution in [3.05, 3.63) is 82.3 Å². The van der Waals surface area contributed by atoms with E-state index in [0.717, 1.165) is 13.1 Å². The summed E-state index contributed by atoms with van der Waals surface area (Å²) in [5.74, 6) is -5.78. The Morgan fingerprint density at radius 3 is 2.22 bits per heavy atom. The molecule has 11 atom stereocenters. The molecule has 17 nitrogen and oxygen atoms in total. The first-order valence-corrected chi connectivity index (χ1v) is 20.7. The van der Waals surface area contributed by atoms with Crippen LogP contribution in [-0.2, 0) is 43.4 Å². The van der Waals surface area contributed by atoms with Crippen molar-refractivity contribution in [3.8, 4) is 0 Å².